The van der Waals surface area contributed by atoms with Crippen LogP contribution >= 0.6 is 0 Å². The van der Waals surface area contributed by atoms with E-state index < -0.39 is 8.07 Å². The standard InChI is InChI=1S/C12H22Si/c1-12(2)10-8-6-7-9-11-13(3,4)5/h6-7,12H,8,10H2,1-5H3/b7-6+. The van der Waals surface area contributed by atoms with Crippen LogP contribution in [0.2, 0.25) is 19.6 Å². The van der Waals surface area contributed by atoms with Gasteiger partial charge >= 0.3 is 0 Å². The van der Waals surface area contributed by atoms with Gasteiger partial charge in [-0.2, -0.15) is 0 Å². The van der Waals surface area contributed by atoms with Crippen molar-refractivity contribution < 1.29 is 0 Å². The van der Waals surface area contributed by atoms with Crippen molar-refractivity contribution in [2.75, 3.05) is 0 Å². The molecule has 13 heavy (non-hydrogen) atoms. The van der Waals surface area contributed by atoms with Crippen LogP contribution in [-0.4, -0.2) is 8.07 Å². The minimum atomic E-state index is -1.15. The van der Waals surface area contributed by atoms with Gasteiger partial charge in [0.2, 0.25) is 0 Å². The first-order valence-corrected chi connectivity index (χ1v) is 8.59. The van der Waals surface area contributed by atoms with Crippen molar-refractivity contribution in [3.63, 3.8) is 0 Å². The van der Waals surface area contributed by atoms with Crippen molar-refractivity contribution in [3.05, 3.63) is 12.2 Å². The lowest BCUT2D eigenvalue weighted by Crippen LogP contribution is -2.16. The van der Waals surface area contributed by atoms with E-state index in [0.29, 0.717) is 0 Å². The van der Waals surface area contributed by atoms with E-state index in [1.54, 1.807) is 0 Å². The molecule has 0 bridgehead atoms. The van der Waals surface area contributed by atoms with Crippen LogP contribution in [0.1, 0.15) is 26.7 Å². The maximum atomic E-state index is 3.31. The highest BCUT2D eigenvalue weighted by Gasteiger charge is 2.06. The van der Waals surface area contributed by atoms with Crippen molar-refractivity contribution >= 4 is 8.07 Å². The van der Waals surface area contributed by atoms with E-state index in [9.17, 15) is 0 Å². The third kappa shape index (κ3) is 11.5. The van der Waals surface area contributed by atoms with Gasteiger partial charge in [-0.3, -0.25) is 0 Å². The molecule has 0 amide bonds. The summed E-state index contributed by atoms with van der Waals surface area (Å²) in [5, 5.41) is 0. The molecule has 0 heterocycles. The van der Waals surface area contributed by atoms with Crippen molar-refractivity contribution in [2.45, 2.75) is 46.3 Å². The van der Waals surface area contributed by atoms with E-state index in [-0.39, 0.29) is 0 Å². The zero-order chi connectivity index (χ0) is 10.3. The quantitative estimate of drug-likeness (QED) is 0.473. The SMILES string of the molecule is CC(C)CC/C=C/C#C[Si](C)(C)C. The lowest BCUT2D eigenvalue weighted by Gasteiger charge is -2.02. The molecule has 0 radical (unpaired) electrons. The maximum absolute atomic E-state index is 3.31. The Bertz CT molecular complexity index is 208. The Morgan fingerprint density at radius 3 is 2.31 bits per heavy atom. The Labute approximate surface area is 84.4 Å². The third-order valence-electron chi connectivity index (χ3n) is 1.56. The molecule has 0 atom stereocenters. The number of rotatable bonds is 3. The van der Waals surface area contributed by atoms with Gasteiger partial charge in [0.25, 0.3) is 0 Å². The fourth-order valence-corrected chi connectivity index (χ4v) is 1.35. The first kappa shape index (κ1) is 12.5. The zero-order valence-electron chi connectivity index (χ0n) is 9.65. The molecule has 0 nitrogen and oxygen atoms in total. The summed E-state index contributed by atoms with van der Waals surface area (Å²) in [6.07, 6.45) is 6.64. The second kappa shape index (κ2) is 6.04. The van der Waals surface area contributed by atoms with Crippen LogP contribution in [0, 0.1) is 17.4 Å². The van der Waals surface area contributed by atoms with Crippen LogP contribution in [0.25, 0.3) is 0 Å². The lowest BCUT2D eigenvalue weighted by atomic mass is 10.1. The molecular formula is C12H22Si. The summed E-state index contributed by atoms with van der Waals surface area (Å²) < 4.78 is 0. The second-order valence-corrected chi connectivity index (χ2v) is 9.64. The summed E-state index contributed by atoms with van der Waals surface area (Å²) in [5.74, 6) is 3.93. The topological polar surface area (TPSA) is 0 Å². The van der Waals surface area contributed by atoms with E-state index in [2.05, 4.69) is 51.0 Å². The smallest absolute Gasteiger partial charge is 0.127 e. The Kier molecular flexibility index (Phi) is 5.82. The number of hydrogen-bond acceptors (Lipinski definition) is 0. The van der Waals surface area contributed by atoms with Crippen LogP contribution in [0.5, 0.6) is 0 Å². The van der Waals surface area contributed by atoms with Gasteiger partial charge in [-0.1, -0.05) is 45.5 Å². The van der Waals surface area contributed by atoms with Gasteiger partial charge in [0, 0.05) is 0 Å². The molecule has 0 aromatic carbocycles. The van der Waals surface area contributed by atoms with E-state index in [0.717, 1.165) is 12.3 Å². The molecule has 0 fully saturated rings. The molecule has 0 unspecified atom stereocenters. The fraction of sp³-hybridized carbons (Fsp3) is 0.667. The summed E-state index contributed by atoms with van der Waals surface area (Å²) in [6, 6.07) is 0. The minimum Gasteiger partial charge on any atom is -0.127 e. The molecular weight excluding hydrogens is 172 g/mol. The lowest BCUT2D eigenvalue weighted by molar-refractivity contribution is 0.594. The molecule has 0 N–H and O–H groups in total. The van der Waals surface area contributed by atoms with E-state index in [1.807, 2.05) is 6.08 Å². The van der Waals surface area contributed by atoms with Gasteiger partial charge in [0.1, 0.15) is 8.07 Å². The summed E-state index contributed by atoms with van der Waals surface area (Å²) in [5.41, 5.74) is 3.31. The van der Waals surface area contributed by atoms with Crippen LogP contribution in [0.4, 0.5) is 0 Å². The molecule has 0 aliphatic rings. The third-order valence-corrected chi connectivity index (χ3v) is 2.45. The molecule has 0 saturated carbocycles. The fourth-order valence-electron chi connectivity index (χ4n) is 0.830. The van der Waals surface area contributed by atoms with Crippen LogP contribution in [0.15, 0.2) is 12.2 Å². The predicted octanol–water partition coefficient (Wildman–Crippen LogP) is 3.86. The molecule has 0 spiro atoms. The Morgan fingerprint density at radius 1 is 1.23 bits per heavy atom. The van der Waals surface area contributed by atoms with Crippen molar-refractivity contribution in [2.24, 2.45) is 5.92 Å². The molecule has 0 aliphatic carbocycles. The molecule has 0 aromatic rings. The highest BCUT2D eigenvalue weighted by atomic mass is 28.3. The highest BCUT2D eigenvalue weighted by Crippen LogP contribution is 2.03. The van der Waals surface area contributed by atoms with Gasteiger partial charge in [-0.25, -0.2) is 0 Å². The Hall–Kier alpha value is -0.483. The van der Waals surface area contributed by atoms with Gasteiger partial charge in [0.15, 0.2) is 0 Å². The van der Waals surface area contributed by atoms with Crippen molar-refractivity contribution in [1.82, 2.24) is 0 Å². The summed E-state index contributed by atoms with van der Waals surface area (Å²) in [7, 11) is -1.15. The molecule has 1 heteroatoms. The minimum absolute atomic E-state index is 0.801. The summed E-state index contributed by atoms with van der Waals surface area (Å²) in [6.45, 7) is 11.3. The second-order valence-electron chi connectivity index (χ2n) is 4.89. The van der Waals surface area contributed by atoms with Crippen LogP contribution in [-0.2, 0) is 0 Å². The highest BCUT2D eigenvalue weighted by molar-refractivity contribution is 6.83. The monoisotopic (exact) mass is 194 g/mol. The van der Waals surface area contributed by atoms with Gasteiger partial charge in [-0.05, 0) is 24.8 Å². The summed E-state index contributed by atoms with van der Waals surface area (Å²) >= 11 is 0. The van der Waals surface area contributed by atoms with Crippen molar-refractivity contribution in [1.29, 1.82) is 0 Å². The normalized spacial score (nSPS) is 11.8. The summed E-state index contributed by atoms with van der Waals surface area (Å²) in [4.78, 5) is 0. The molecule has 0 aromatic heterocycles. The average molecular weight is 194 g/mol. The number of allylic oxidation sites excluding steroid dienone is 2. The van der Waals surface area contributed by atoms with Gasteiger partial charge in [0.05, 0.1) is 0 Å². The zero-order valence-corrected chi connectivity index (χ0v) is 10.6. The van der Waals surface area contributed by atoms with E-state index in [4.69, 9.17) is 0 Å². The molecule has 74 valence electrons. The first-order valence-electron chi connectivity index (χ1n) is 5.09. The first-order chi connectivity index (χ1) is 5.92. The predicted molar refractivity (Wildman–Crippen MR) is 64.3 cm³/mol. The largest absolute Gasteiger partial charge is 0.129 e. The molecule has 0 rings (SSSR count). The Balaban J connectivity index is 3.68. The number of hydrogen-bond donors (Lipinski definition) is 0. The van der Waals surface area contributed by atoms with Gasteiger partial charge in [-0.15, -0.1) is 5.54 Å². The van der Waals surface area contributed by atoms with E-state index in [1.165, 1.54) is 6.42 Å². The van der Waals surface area contributed by atoms with Crippen LogP contribution in [0.3, 0.4) is 0 Å². The maximum Gasteiger partial charge on any atom is 0.129 e. The molecule has 0 saturated heterocycles. The average Bonchev–Trinajstić information content (AvgIpc) is 1.93. The van der Waals surface area contributed by atoms with Crippen molar-refractivity contribution in [3.8, 4) is 11.5 Å². The van der Waals surface area contributed by atoms with Gasteiger partial charge < -0.3 is 0 Å². The Morgan fingerprint density at radius 2 is 1.85 bits per heavy atom. The van der Waals surface area contributed by atoms with Crippen LogP contribution < -0.4 is 0 Å². The molecule has 0 aliphatic heterocycles. The van der Waals surface area contributed by atoms with E-state index >= 15 is 0 Å².